The SMILES string of the molecule is COc1ccc(-c2nnc(SCc3ccc(F)c4cccnc34)n2N)cc1. The van der Waals surface area contributed by atoms with E-state index in [0.29, 0.717) is 27.6 Å². The van der Waals surface area contributed by atoms with Crippen molar-refractivity contribution in [1.82, 2.24) is 19.9 Å². The molecular formula is C19H16FN5OS. The van der Waals surface area contributed by atoms with Gasteiger partial charge >= 0.3 is 0 Å². The van der Waals surface area contributed by atoms with E-state index in [1.165, 1.54) is 22.5 Å². The number of ether oxygens (including phenoxy) is 1. The van der Waals surface area contributed by atoms with Gasteiger partial charge in [0.2, 0.25) is 5.16 Å². The Bertz CT molecular complexity index is 1100. The van der Waals surface area contributed by atoms with E-state index >= 15 is 0 Å². The molecule has 0 aliphatic carbocycles. The Kier molecular flexibility index (Phi) is 4.64. The van der Waals surface area contributed by atoms with E-state index < -0.39 is 0 Å². The highest BCUT2D eigenvalue weighted by atomic mass is 32.2. The van der Waals surface area contributed by atoms with Crippen molar-refractivity contribution in [3.8, 4) is 17.1 Å². The van der Waals surface area contributed by atoms with Crippen molar-refractivity contribution in [3.05, 3.63) is 66.1 Å². The number of halogens is 1. The standard InChI is InChI=1S/C19H16FN5OS/c1-26-14-7-4-12(5-8-14)18-23-24-19(25(18)21)27-11-13-6-9-16(20)15-3-2-10-22-17(13)15/h2-10H,11,21H2,1H3. The molecule has 27 heavy (non-hydrogen) atoms. The van der Waals surface area contributed by atoms with Crippen molar-refractivity contribution < 1.29 is 9.13 Å². The van der Waals surface area contributed by atoms with Crippen LogP contribution >= 0.6 is 11.8 Å². The molecule has 8 heteroatoms. The zero-order valence-electron chi connectivity index (χ0n) is 14.5. The minimum absolute atomic E-state index is 0.282. The molecule has 2 aromatic carbocycles. The fourth-order valence-corrected chi connectivity index (χ4v) is 3.61. The van der Waals surface area contributed by atoms with E-state index in [9.17, 15) is 4.39 Å². The summed E-state index contributed by atoms with van der Waals surface area (Å²) in [5.74, 6) is 7.75. The first-order valence-corrected chi connectivity index (χ1v) is 9.16. The van der Waals surface area contributed by atoms with Gasteiger partial charge in [0.1, 0.15) is 11.6 Å². The van der Waals surface area contributed by atoms with Crippen LogP contribution in [0.25, 0.3) is 22.3 Å². The number of rotatable bonds is 5. The number of pyridine rings is 1. The summed E-state index contributed by atoms with van der Waals surface area (Å²) >= 11 is 1.42. The van der Waals surface area contributed by atoms with Crippen molar-refractivity contribution in [3.63, 3.8) is 0 Å². The molecule has 2 N–H and O–H groups in total. The van der Waals surface area contributed by atoms with E-state index in [0.717, 1.165) is 16.9 Å². The summed E-state index contributed by atoms with van der Waals surface area (Å²) in [6.45, 7) is 0. The minimum atomic E-state index is -0.282. The number of benzene rings is 2. The molecule has 0 saturated heterocycles. The fourth-order valence-electron chi connectivity index (χ4n) is 2.77. The van der Waals surface area contributed by atoms with E-state index in [1.54, 1.807) is 31.5 Å². The van der Waals surface area contributed by atoms with Crippen LogP contribution in [0.15, 0.2) is 59.9 Å². The number of nitrogen functional groups attached to an aromatic ring is 1. The van der Waals surface area contributed by atoms with Crippen LogP contribution in [0.4, 0.5) is 4.39 Å². The first-order chi connectivity index (χ1) is 13.2. The summed E-state index contributed by atoms with van der Waals surface area (Å²) in [4.78, 5) is 4.31. The summed E-state index contributed by atoms with van der Waals surface area (Å²) in [6, 6.07) is 14.1. The number of methoxy groups -OCH3 is 1. The van der Waals surface area contributed by atoms with Gasteiger partial charge in [0, 0.05) is 22.9 Å². The first kappa shape index (κ1) is 17.3. The average Bonchev–Trinajstić information content (AvgIpc) is 3.08. The van der Waals surface area contributed by atoms with Crippen molar-refractivity contribution in [2.24, 2.45) is 0 Å². The lowest BCUT2D eigenvalue weighted by Gasteiger charge is -2.07. The van der Waals surface area contributed by atoms with Crippen LogP contribution in [0, 0.1) is 5.82 Å². The lowest BCUT2D eigenvalue weighted by molar-refractivity contribution is 0.415. The van der Waals surface area contributed by atoms with Gasteiger partial charge in [-0.05, 0) is 48.0 Å². The predicted octanol–water partition coefficient (Wildman–Crippen LogP) is 3.65. The average molecular weight is 381 g/mol. The highest BCUT2D eigenvalue weighted by Crippen LogP contribution is 2.28. The monoisotopic (exact) mass is 381 g/mol. The van der Waals surface area contributed by atoms with Crippen molar-refractivity contribution >= 4 is 22.7 Å². The quantitative estimate of drug-likeness (QED) is 0.420. The summed E-state index contributed by atoms with van der Waals surface area (Å²) in [5, 5.41) is 9.42. The number of fused-ring (bicyclic) bond motifs is 1. The molecule has 136 valence electrons. The first-order valence-electron chi connectivity index (χ1n) is 8.17. The normalized spacial score (nSPS) is 11.0. The number of thioether (sulfide) groups is 1. The molecule has 0 radical (unpaired) electrons. The van der Waals surface area contributed by atoms with Crippen LogP contribution in [0.1, 0.15) is 5.56 Å². The Balaban J connectivity index is 1.58. The smallest absolute Gasteiger partial charge is 0.210 e. The zero-order chi connectivity index (χ0) is 18.8. The third kappa shape index (κ3) is 3.31. The van der Waals surface area contributed by atoms with Gasteiger partial charge in [-0.15, -0.1) is 10.2 Å². The second kappa shape index (κ2) is 7.24. The zero-order valence-corrected chi connectivity index (χ0v) is 15.3. The van der Waals surface area contributed by atoms with Crippen LogP contribution < -0.4 is 10.6 Å². The van der Waals surface area contributed by atoms with Crippen LogP contribution in [-0.4, -0.2) is 27.0 Å². The molecular weight excluding hydrogens is 365 g/mol. The Morgan fingerprint density at radius 3 is 2.70 bits per heavy atom. The van der Waals surface area contributed by atoms with Crippen LogP contribution in [0.2, 0.25) is 0 Å². The maximum Gasteiger partial charge on any atom is 0.210 e. The maximum absolute atomic E-state index is 13.9. The summed E-state index contributed by atoms with van der Waals surface area (Å²) < 4.78 is 20.5. The number of hydrogen-bond acceptors (Lipinski definition) is 6. The van der Waals surface area contributed by atoms with Gasteiger partial charge in [-0.2, -0.15) is 0 Å². The number of aromatic nitrogens is 4. The van der Waals surface area contributed by atoms with Crippen molar-refractivity contribution in [2.45, 2.75) is 10.9 Å². The largest absolute Gasteiger partial charge is 0.497 e. The van der Waals surface area contributed by atoms with E-state index in [4.69, 9.17) is 10.6 Å². The molecule has 0 fully saturated rings. The van der Waals surface area contributed by atoms with Gasteiger partial charge in [0.15, 0.2) is 5.82 Å². The third-order valence-electron chi connectivity index (χ3n) is 4.17. The Morgan fingerprint density at radius 2 is 1.93 bits per heavy atom. The minimum Gasteiger partial charge on any atom is -0.497 e. The van der Waals surface area contributed by atoms with E-state index in [1.807, 2.05) is 24.3 Å². The Morgan fingerprint density at radius 1 is 1.11 bits per heavy atom. The highest BCUT2D eigenvalue weighted by molar-refractivity contribution is 7.98. The molecule has 4 rings (SSSR count). The van der Waals surface area contributed by atoms with Crippen molar-refractivity contribution in [2.75, 3.05) is 13.0 Å². The Hall–Kier alpha value is -3.13. The van der Waals surface area contributed by atoms with Gasteiger partial charge in [-0.1, -0.05) is 17.8 Å². The molecule has 0 amide bonds. The number of nitrogens with zero attached hydrogens (tertiary/aromatic N) is 4. The number of nitrogens with two attached hydrogens (primary N) is 1. The molecule has 4 aromatic rings. The van der Waals surface area contributed by atoms with Crippen LogP contribution in [0.5, 0.6) is 5.75 Å². The lowest BCUT2D eigenvalue weighted by atomic mass is 10.1. The second-order valence-corrected chi connectivity index (χ2v) is 6.74. The molecule has 0 bridgehead atoms. The predicted molar refractivity (Wildman–Crippen MR) is 103 cm³/mol. The van der Waals surface area contributed by atoms with Gasteiger partial charge in [0.05, 0.1) is 12.6 Å². The molecule has 0 unspecified atom stereocenters. The molecule has 2 heterocycles. The fraction of sp³-hybridized carbons (Fsp3) is 0.105. The molecule has 6 nitrogen and oxygen atoms in total. The third-order valence-corrected chi connectivity index (χ3v) is 5.16. The Labute approximate surface area is 159 Å². The van der Waals surface area contributed by atoms with Gasteiger partial charge in [-0.3, -0.25) is 4.98 Å². The van der Waals surface area contributed by atoms with Crippen molar-refractivity contribution in [1.29, 1.82) is 0 Å². The van der Waals surface area contributed by atoms with Crippen LogP contribution in [-0.2, 0) is 5.75 Å². The van der Waals surface area contributed by atoms with E-state index in [-0.39, 0.29) is 5.82 Å². The molecule has 2 aromatic heterocycles. The summed E-state index contributed by atoms with van der Waals surface area (Å²) in [5.41, 5.74) is 2.39. The lowest BCUT2D eigenvalue weighted by Crippen LogP contribution is -2.11. The van der Waals surface area contributed by atoms with Gasteiger partial charge in [-0.25, -0.2) is 9.07 Å². The highest BCUT2D eigenvalue weighted by Gasteiger charge is 2.14. The van der Waals surface area contributed by atoms with Crippen LogP contribution in [0.3, 0.4) is 0 Å². The summed E-state index contributed by atoms with van der Waals surface area (Å²) in [6.07, 6.45) is 1.66. The van der Waals surface area contributed by atoms with E-state index in [2.05, 4.69) is 15.2 Å². The molecule has 0 atom stereocenters. The van der Waals surface area contributed by atoms with Gasteiger partial charge < -0.3 is 10.6 Å². The number of hydrogen-bond donors (Lipinski definition) is 1. The van der Waals surface area contributed by atoms with Gasteiger partial charge in [0.25, 0.3) is 0 Å². The molecule has 0 aliphatic rings. The summed E-state index contributed by atoms with van der Waals surface area (Å²) in [7, 11) is 1.61. The second-order valence-electron chi connectivity index (χ2n) is 5.80. The maximum atomic E-state index is 13.9. The topological polar surface area (TPSA) is 78.9 Å². The molecule has 0 aliphatic heterocycles. The molecule has 0 spiro atoms. The molecule has 0 saturated carbocycles.